The van der Waals surface area contributed by atoms with Gasteiger partial charge >= 0.3 is 0 Å². The topological polar surface area (TPSA) is 299 Å². The molecule has 24 heteroatoms. The van der Waals surface area contributed by atoms with Crippen LogP contribution in [0, 0.1) is 35.5 Å². The van der Waals surface area contributed by atoms with Crippen molar-refractivity contribution in [3.05, 3.63) is 12.2 Å². The summed E-state index contributed by atoms with van der Waals surface area (Å²) in [7, 11) is 8.70. The van der Waals surface area contributed by atoms with Crippen molar-refractivity contribution in [2.24, 2.45) is 35.5 Å². The summed E-state index contributed by atoms with van der Waals surface area (Å²) in [4.78, 5) is 168. The van der Waals surface area contributed by atoms with E-state index >= 15 is 14.4 Å². The highest BCUT2D eigenvalue weighted by Gasteiger charge is 2.46. The number of nitrogens with zero attached hydrogens (tertiary/aromatic N) is 7. The van der Waals surface area contributed by atoms with Crippen molar-refractivity contribution in [3.63, 3.8) is 0 Å². The summed E-state index contributed by atoms with van der Waals surface area (Å²) in [6, 6.07) is -15.1. The average molecular weight is 1220 g/mol. The van der Waals surface area contributed by atoms with Crippen molar-refractivity contribution in [3.8, 4) is 0 Å². The van der Waals surface area contributed by atoms with Crippen molar-refractivity contribution in [2.75, 3.05) is 55.9 Å². The van der Waals surface area contributed by atoms with E-state index in [0.717, 1.165) is 43.5 Å². The lowest BCUT2D eigenvalue weighted by atomic mass is 9.91. The van der Waals surface area contributed by atoms with E-state index in [1.54, 1.807) is 88.3 Å². The molecule has 0 saturated carbocycles. The van der Waals surface area contributed by atoms with Crippen LogP contribution in [0.25, 0.3) is 0 Å². The summed E-state index contributed by atoms with van der Waals surface area (Å²) in [5.74, 6) is -12.7. The van der Waals surface area contributed by atoms with Crippen LogP contribution in [0.4, 0.5) is 0 Å². The van der Waals surface area contributed by atoms with E-state index in [-0.39, 0.29) is 43.9 Å². The van der Waals surface area contributed by atoms with E-state index in [4.69, 9.17) is 8.22 Å². The minimum absolute atomic E-state index is 0.0520. The first kappa shape index (κ1) is 67.3. The highest BCUT2D eigenvalue weighted by atomic mass is 16.3. The van der Waals surface area contributed by atoms with Gasteiger partial charge in [-0.25, -0.2) is 0 Å². The molecule has 1 rings (SSSR count). The van der Waals surface area contributed by atoms with Gasteiger partial charge in [0.15, 0.2) is 0 Å². The minimum atomic E-state index is -3.73. The van der Waals surface area contributed by atoms with E-state index in [1.165, 1.54) is 49.1 Å². The Balaban J connectivity index is 4.55. The number of hydrogen-bond acceptors (Lipinski definition) is 13. The third-order valence-electron chi connectivity index (χ3n) is 15.9. The SMILES string of the molecule is [2H]C([2H])([2H])C(O)(C[C@H]1C(=O)N(C)[C@@H](CC(C)C)C(=O)N(C)[C@@H](C(C)C)C(=O)N(C)[C@@H]([C@H](O)[C@H](C)C/C=C/C)C(=O)N[C@@H](CC)C(=O)N(C)CC(=O)N(C)[C@@H](CC(C)C)C(=O)N[C@@H](C(C)C)C(=O)N(C)[C@@H](CC(C)C)C(=O)NC(C)C(=O)NC(C)C(=O)N1C)C([2H])([2H])[2H]. The van der Waals surface area contributed by atoms with E-state index in [2.05, 4.69) is 21.3 Å². The van der Waals surface area contributed by atoms with Gasteiger partial charge in [-0.2, -0.15) is 0 Å². The Morgan fingerprint density at radius 1 is 0.535 bits per heavy atom. The van der Waals surface area contributed by atoms with Crippen LogP contribution in [0.5, 0.6) is 0 Å². The molecule has 1 aliphatic rings. The highest BCUT2D eigenvalue weighted by Crippen LogP contribution is 2.26. The summed E-state index contributed by atoms with van der Waals surface area (Å²) in [5, 5.41) is 34.4. The number of aliphatic hydroxyl groups excluding tert-OH is 1. The molecule has 0 radical (unpaired) electrons. The maximum Gasteiger partial charge on any atom is 0.246 e. The monoisotopic (exact) mass is 1220 g/mol. The number of likely N-dealkylation sites (N-methyl/N-ethyl adjacent to an activating group) is 7. The van der Waals surface area contributed by atoms with Crippen LogP contribution in [0.3, 0.4) is 0 Å². The lowest BCUT2D eigenvalue weighted by molar-refractivity contribution is -0.158. The molecular weight excluding hydrogens is 1110 g/mol. The lowest BCUT2D eigenvalue weighted by Gasteiger charge is -2.42. The van der Waals surface area contributed by atoms with Gasteiger partial charge in [0, 0.05) is 64.0 Å². The van der Waals surface area contributed by atoms with Gasteiger partial charge in [-0.15, -0.1) is 0 Å². The smallest absolute Gasteiger partial charge is 0.246 e. The first-order chi connectivity index (χ1) is 42.0. The molecule has 1 saturated heterocycles. The molecule has 1 fully saturated rings. The van der Waals surface area contributed by atoms with Crippen LogP contribution in [0.15, 0.2) is 12.2 Å². The maximum atomic E-state index is 15.3. The van der Waals surface area contributed by atoms with Crippen LogP contribution < -0.4 is 21.3 Å². The molecule has 0 aromatic rings. The zero-order valence-corrected chi connectivity index (χ0v) is 55.4. The normalized spacial score (nSPS) is 28.2. The number of nitrogens with one attached hydrogen (secondary N) is 4. The third kappa shape index (κ3) is 21.9. The molecule has 1 heterocycles. The molecule has 1 aliphatic heterocycles. The Labute approximate surface area is 522 Å². The number of amides is 11. The predicted molar refractivity (Wildman–Crippen MR) is 330 cm³/mol. The second kappa shape index (κ2) is 34.4. The maximum absolute atomic E-state index is 15.3. The van der Waals surface area contributed by atoms with Gasteiger partial charge in [-0.3, -0.25) is 52.7 Å². The summed E-state index contributed by atoms with van der Waals surface area (Å²) in [6.45, 7) is 16.5. The van der Waals surface area contributed by atoms with Crippen LogP contribution >= 0.6 is 0 Å². The van der Waals surface area contributed by atoms with Gasteiger partial charge in [-0.05, 0) is 102 Å². The number of carbonyl (C=O) groups excluding carboxylic acids is 11. The molecule has 24 nitrogen and oxygen atoms in total. The number of carbonyl (C=O) groups is 11. The Morgan fingerprint density at radius 2 is 0.988 bits per heavy atom. The largest absolute Gasteiger partial charge is 0.390 e. The molecule has 0 aliphatic carbocycles. The fraction of sp³-hybridized carbons (Fsp3) is 0.790. The molecule has 11 amide bonds. The van der Waals surface area contributed by atoms with Gasteiger partial charge in [0.2, 0.25) is 65.0 Å². The Kier molecular flexibility index (Phi) is 26.9. The van der Waals surface area contributed by atoms with Gasteiger partial charge < -0.3 is 65.8 Å². The summed E-state index contributed by atoms with van der Waals surface area (Å²) in [6.07, 6.45) is 0.557. The number of allylic oxidation sites excluding steroid dienone is 2. The molecule has 0 bridgehead atoms. The Hall–Kier alpha value is -6.17. The van der Waals surface area contributed by atoms with Crippen molar-refractivity contribution in [1.82, 2.24) is 55.6 Å². The Morgan fingerprint density at radius 3 is 1.47 bits per heavy atom. The van der Waals surface area contributed by atoms with Crippen LogP contribution in [0.2, 0.25) is 0 Å². The van der Waals surface area contributed by atoms with E-state index in [1.807, 2.05) is 13.8 Å². The van der Waals surface area contributed by atoms with Gasteiger partial charge in [0.1, 0.15) is 60.4 Å². The van der Waals surface area contributed by atoms with Crippen LogP contribution in [0.1, 0.15) is 164 Å². The standard InChI is InChI=1S/C62H111N11O13/c1-25-27-28-39(13)51(75)50-55(79)65-42(26-2)57(81)67(18)33-47(74)68(19)43(29-34(3)4)54(78)66-48(37(9)10)60(84)69(20)44(30-35(5)6)53(77)63-40(14)52(76)64-41(15)56(80)71(22)46(32-62(16,17)86)59(83)70(21)45(31-36(7)8)58(82)72(23)49(38(11)12)61(85)73(50)24/h25,27,34-46,48-51,75,86H,26,28-33H2,1-24H3,(H,63,77)(H,64,76)(H,65,79)(H,66,78)/b27-25+/t39-,40?,41?,42+,43+,44+,45+,46+,48+,49+,50+,51-/m1/s1/i16D3,17D3. The minimum Gasteiger partial charge on any atom is -0.390 e. The van der Waals surface area contributed by atoms with E-state index in [0.29, 0.717) is 4.90 Å². The zero-order valence-electron chi connectivity index (χ0n) is 61.4. The average Bonchev–Trinajstić information content (AvgIpc) is 0.761. The van der Waals surface area contributed by atoms with Gasteiger partial charge in [-0.1, -0.05) is 95.2 Å². The first-order valence-electron chi connectivity index (χ1n) is 33.1. The van der Waals surface area contributed by atoms with E-state index in [9.17, 15) is 48.6 Å². The van der Waals surface area contributed by atoms with Crippen molar-refractivity contribution < 1.29 is 71.2 Å². The fourth-order valence-electron chi connectivity index (χ4n) is 10.5. The summed E-state index contributed by atoms with van der Waals surface area (Å²) < 4.78 is 49.4. The van der Waals surface area contributed by atoms with Crippen molar-refractivity contribution >= 4 is 65.0 Å². The Bertz CT molecular complexity index is 2590. The summed E-state index contributed by atoms with van der Waals surface area (Å²) in [5.41, 5.74) is -3.68. The molecule has 6 N–H and O–H groups in total. The quantitative estimate of drug-likeness (QED) is 0.129. The molecule has 0 aromatic carbocycles. The third-order valence-corrected chi connectivity index (χ3v) is 15.9. The molecule has 86 heavy (non-hydrogen) atoms. The van der Waals surface area contributed by atoms with Crippen molar-refractivity contribution in [1.29, 1.82) is 0 Å². The summed E-state index contributed by atoms with van der Waals surface area (Å²) >= 11 is 0. The molecular formula is C62H111N11O13. The molecule has 12 atom stereocenters. The second-order valence-corrected chi connectivity index (χ2v) is 25.5. The lowest BCUT2D eigenvalue weighted by Crippen LogP contribution is -2.63. The first-order valence-corrected chi connectivity index (χ1v) is 30.1. The zero-order chi connectivity index (χ0) is 71.9. The van der Waals surface area contributed by atoms with Crippen molar-refractivity contribution in [2.45, 2.75) is 228 Å². The van der Waals surface area contributed by atoms with Gasteiger partial charge in [0.05, 0.1) is 18.2 Å². The number of hydrogen-bond donors (Lipinski definition) is 6. The molecule has 492 valence electrons. The fourth-order valence-corrected chi connectivity index (χ4v) is 10.5. The van der Waals surface area contributed by atoms with Crippen LogP contribution in [-0.2, 0) is 52.7 Å². The highest BCUT2D eigenvalue weighted by molar-refractivity contribution is 5.99. The van der Waals surface area contributed by atoms with Gasteiger partial charge in [0.25, 0.3) is 0 Å². The molecule has 0 aromatic heterocycles. The second-order valence-electron chi connectivity index (χ2n) is 25.5. The number of aliphatic hydroxyl groups is 2. The molecule has 2 unspecified atom stereocenters. The predicted octanol–water partition coefficient (Wildman–Crippen LogP) is 2.38. The van der Waals surface area contributed by atoms with Crippen LogP contribution in [-0.4, -0.2) is 237 Å². The van der Waals surface area contributed by atoms with E-state index < -0.39 is 187 Å². The number of rotatable bonds is 15. The molecule has 0 spiro atoms.